The molecular weight excluding hydrogens is 515 g/mol. The highest BCUT2D eigenvalue weighted by Crippen LogP contribution is 2.41. The summed E-state index contributed by atoms with van der Waals surface area (Å²) in [6, 6.07) is 0. The number of sulfonamides is 1. The van der Waals surface area contributed by atoms with Crippen molar-refractivity contribution in [2.24, 2.45) is 21.6 Å². The predicted octanol–water partition coefficient (Wildman–Crippen LogP) is 2.33. The molecule has 4 rings (SSSR count). The molecule has 1 unspecified atom stereocenters. The summed E-state index contributed by atoms with van der Waals surface area (Å²) >= 11 is 6.03. The van der Waals surface area contributed by atoms with Crippen LogP contribution in [-0.4, -0.2) is 54.9 Å². The Balaban J connectivity index is 1.48. The highest BCUT2D eigenvalue weighted by molar-refractivity contribution is 7.89. The quantitative estimate of drug-likeness (QED) is 0.569. The van der Waals surface area contributed by atoms with Gasteiger partial charge in [-0.05, 0) is 31.9 Å². The van der Waals surface area contributed by atoms with E-state index in [4.69, 9.17) is 17.3 Å². The number of carbonyl (C=O) groups excluding carboxylic acids is 1. The van der Waals surface area contributed by atoms with Gasteiger partial charge in [0.05, 0.1) is 22.5 Å². The summed E-state index contributed by atoms with van der Waals surface area (Å²) in [4.78, 5) is 20.9. The number of nitrogens with zero attached hydrogens (tertiary/aromatic N) is 3. The van der Waals surface area contributed by atoms with Crippen LogP contribution in [0, 0.1) is 5.92 Å². The normalized spacial score (nSPS) is 29.7. The third kappa shape index (κ3) is 4.89. The molecule has 3 N–H and O–H groups in total. The first-order chi connectivity index (χ1) is 16.2. The van der Waals surface area contributed by atoms with Crippen LogP contribution in [-0.2, 0) is 24.3 Å². The maximum Gasteiger partial charge on any atom is 0.586 e. The number of rotatable bonds is 3. The first-order valence-corrected chi connectivity index (χ1v) is 12.3. The van der Waals surface area contributed by atoms with Crippen LogP contribution in [0.3, 0.4) is 0 Å². The maximum absolute atomic E-state index is 15.0. The van der Waals surface area contributed by atoms with Gasteiger partial charge in [0.2, 0.25) is 16.0 Å². The Morgan fingerprint density at radius 2 is 2.06 bits per heavy atom. The Bertz CT molecular complexity index is 1270. The minimum absolute atomic E-state index is 0.114. The van der Waals surface area contributed by atoms with Gasteiger partial charge in [0, 0.05) is 25.1 Å². The van der Waals surface area contributed by atoms with Gasteiger partial charge in [0.15, 0.2) is 11.5 Å². The highest BCUT2D eigenvalue weighted by Gasteiger charge is 2.48. The summed E-state index contributed by atoms with van der Waals surface area (Å²) in [5, 5.41) is 2.40. The number of halogens is 4. The van der Waals surface area contributed by atoms with Crippen LogP contribution in [0.4, 0.5) is 13.2 Å². The molecule has 4 aliphatic rings. The van der Waals surface area contributed by atoms with Crippen LogP contribution >= 0.6 is 11.6 Å². The smallest absolute Gasteiger partial charge is 0.394 e. The number of amides is 1. The minimum atomic E-state index is -3.88. The van der Waals surface area contributed by atoms with Gasteiger partial charge in [-0.25, -0.2) is 22.1 Å². The fourth-order valence-electron chi connectivity index (χ4n) is 4.09. The maximum atomic E-state index is 15.0. The van der Waals surface area contributed by atoms with Crippen molar-refractivity contribution in [1.29, 1.82) is 0 Å². The van der Waals surface area contributed by atoms with E-state index in [2.05, 4.69) is 24.8 Å². The number of hydrogen-bond donors (Lipinski definition) is 2. The fourth-order valence-corrected chi connectivity index (χ4v) is 5.87. The summed E-state index contributed by atoms with van der Waals surface area (Å²) in [6.07, 6.45) is -0.504. The van der Waals surface area contributed by atoms with E-state index in [-0.39, 0.29) is 36.0 Å². The number of aliphatic imine (C=N–C) groups is 2. The zero-order chi connectivity index (χ0) is 25.8. The lowest BCUT2D eigenvalue weighted by molar-refractivity contribution is -0.326. The van der Waals surface area contributed by atoms with Crippen LogP contribution in [0.2, 0.25) is 0 Å². The van der Waals surface area contributed by atoms with Crippen molar-refractivity contribution in [3.63, 3.8) is 0 Å². The molecule has 10 nitrogen and oxygen atoms in total. The van der Waals surface area contributed by atoms with Gasteiger partial charge in [-0.1, -0.05) is 11.6 Å². The summed E-state index contributed by atoms with van der Waals surface area (Å²) in [7, 11) is -2.51. The van der Waals surface area contributed by atoms with Gasteiger partial charge in [-0.2, -0.15) is 0 Å². The number of nitrogens with one attached hydrogen (secondary N) is 1. The van der Waals surface area contributed by atoms with E-state index in [1.54, 1.807) is 0 Å². The van der Waals surface area contributed by atoms with E-state index in [9.17, 15) is 22.0 Å². The molecule has 2 atom stereocenters. The second-order valence-corrected chi connectivity index (χ2v) is 10.9. The molecule has 3 heterocycles. The van der Waals surface area contributed by atoms with E-state index in [0.29, 0.717) is 5.70 Å². The van der Waals surface area contributed by atoms with Crippen molar-refractivity contribution in [3.8, 4) is 0 Å². The number of fused-ring (bicyclic) bond motifs is 1. The molecule has 0 aromatic carbocycles. The average Bonchev–Trinajstić information content (AvgIpc) is 2.84. The highest BCUT2D eigenvalue weighted by atomic mass is 35.5. The number of ether oxygens (including phenoxy) is 2. The van der Waals surface area contributed by atoms with Crippen molar-refractivity contribution in [3.05, 3.63) is 46.4 Å². The summed E-state index contributed by atoms with van der Waals surface area (Å²) in [6.45, 7) is 1.51. The van der Waals surface area contributed by atoms with Gasteiger partial charge in [-0.15, -0.1) is 8.78 Å². The van der Waals surface area contributed by atoms with E-state index in [0.717, 1.165) is 16.6 Å². The molecule has 1 fully saturated rings. The lowest BCUT2D eigenvalue weighted by Gasteiger charge is -2.38. The van der Waals surface area contributed by atoms with Crippen molar-refractivity contribution in [2.75, 3.05) is 12.8 Å². The van der Waals surface area contributed by atoms with Gasteiger partial charge >= 0.3 is 6.29 Å². The fraction of sp³-hybridized carbons (Fsp3) is 0.450. The molecule has 1 saturated heterocycles. The Kier molecular flexibility index (Phi) is 6.16. The van der Waals surface area contributed by atoms with E-state index < -0.39 is 56.8 Å². The number of nitrogens with two attached hydrogens (primary N) is 1. The number of hydrogen-bond acceptors (Lipinski definition) is 8. The molecule has 0 bridgehead atoms. The average molecular weight is 536 g/mol. The van der Waals surface area contributed by atoms with Crippen LogP contribution < -0.4 is 11.1 Å². The van der Waals surface area contributed by atoms with Gasteiger partial charge in [0.25, 0.3) is 5.91 Å². The molecule has 35 heavy (non-hydrogen) atoms. The van der Waals surface area contributed by atoms with E-state index in [1.165, 1.54) is 20.0 Å². The van der Waals surface area contributed by atoms with Crippen molar-refractivity contribution < 1.29 is 35.9 Å². The van der Waals surface area contributed by atoms with Crippen LogP contribution in [0.15, 0.2) is 56.4 Å². The molecule has 0 spiro atoms. The largest absolute Gasteiger partial charge is 0.586 e. The summed E-state index contributed by atoms with van der Waals surface area (Å²) < 4.78 is 76.0. The SMILES string of the molecule is CN1C(N)=N[C@](C)(C2CCC(NC(=O)C3=NC=C4OC(F)(F)OC4=C(Cl)C3)=CC=C2F)CS1(=O)=O. The molecule has 0 aromatic heterocycles. The third-order valence-corrected chi connectivity index (χ3v) is 8.21. The van der Waals surface area contributed by atoms with Crippen molar-refractivity contribution in [1.82, 2.24) is 9.62 Å². The second kappa shape index (κ2) is 8.59. The van der Waals surface area contributed by atoms with Gasteiger partial charge in [-0.3, -0.25) is 9.79 Å². The Morgan fingerprint density at radius 1 is 1.34 bits per heavy atom. The number of allylic oxidation sites excluding steroid dienone is 4. The molecule has 15 heteroatoms. The number of guanidine groups is 1. The molecule has 0 radical (unpaired) electrons. The lowest BCUT2D eigenvalue weighted by atomic mass is 9.83. The zero-order valence-corrected chi connectivity index (χ0v) is 20.1. The van der Waals surface area contributed by atoms with Crippen molar-refractivity contribution >= 4 is 39.2 Å². The van der Waals surface area contributed by atoms with Crippen LogP contribution in [0.25, 0.3) is 0 Å². The minimum Gasteiger partial charge on any atom is -0.394 e. The topological polar surface area (TPSA) is 136 Å². The first-order valence-electron chi connectivity index (χ1n) is 10.3. The van der Waals surface area contributed by atoms with E-state index >= 15 is 4.39 Å². The standard InChI is InChI=1S/C20H21ClF3N5O5S/c1-19(9-35(31,32)29(2)18(25)28-19)11-5-3-10(4-6-13(11)22)27-17(30)14-7-12(21)16-15(8-26-14)33-20(23,24)34-16/h4,6,8,11H,3,5,7,9H2,1-2H3,(H2,25,28)(H,27,30)/t11?,19-/m0/s1. The predicted molar refractivity (Wildman–Crippen MR) is 120 cm³/mol. The molecule has 0 saturated carbocycles. The summed E-state index contributed by atoms with van der Waals surface area (Å²) in [5.74, 6) is -3.71. The molecular formula is C20H21ClF3N5O5S. The van der Waals surface area contributed by atoms with Crippen LogP contribution in [0.5, 0.6) is 0 Å². The third-order valence-electron chi connectivity index (χ3n) is 5.93. The zero-order valence-electron chi connectivity index (χ0n) is 18.5. The molecule has 190 valence electrons. The second-order valence-electron chi connectivity index (χ2n) is 8.49. The van der Waals surface area contributed by atoms with Gasteiger partial charge in [0.1, 0.15) is 11.5 Å². The van der Waals surface area contributed by atoms with Crippen molar-refractivity contribution in [2.45, 2.75) is 38.0 Å². The van der Waals surface area contributed by atoms with E-state index in [1.807, 2.05) is 0 Å². The number of alkyl halides is 2. The monoisotopic (exact) mass is 535 g/mol. The lowest BCUT2D eigenvalue weighted by Crippen LogP contribution is -2.54. The summed E-state index contributed by atoms with van der Waals surface area (Å²) in [5.41, 5.74) is 4.63. The Labute approximate surface area is 203 Å². The molecule has 1 aliphatic carbocycles. The molecule has 3 aliphatic heterocycles. The Morgan fingerprint density at radius 3 is 2.74 bits per heavy atom. The first kappa shape index (κ1) is 25.1. The van der Waals surface area contributed by atoms with Crippen LogP contribution in [0.1, 0.15) is 26.2 Å². The Hall–Kier alpha value is -3.00. The van der Waals surface area contributed by atoms with Gasteiger partial charge < -0.3 is 20.5 Å². The number of carbonyl (C=O) groups is 1. The molecule has 0 aromatic rings. The molecule has 1 amide bonds.